The lowest BCUT2D eigenvalue weighted by molar-refractivity contribution is -0.133. The second-order valence-corrected chi connectivity index (χ2v) is 6.22. The fraction of sp³-hybridized carbons (Fsp3) is 0.200. The molecule has 0 aliphatic rings. The number of nitrogens with one attached hydrogen (secondary N) is 1. The molecule has 10 heteroatoms. The van der Waals surface area contributed by atoms with Gasteiger partial charge in [0.05, 0.1) is 11.9 Å². The van der Waals surface area contributed by atoms with Gasteiger partial charge in [-0.1, -0.05) is 11.8 Å². The molecule has 9 nitrogen and oxygen atoms in total. The summed E-state index contributed by atoms with van der Waals surface area (Å²) in [5, 5.41) is 23.0. The molecule has 128 valence electrons. The van der Waals surface area contributed by atoms with E-state index in [1.165, 1.54) is 0 Å². The average molecular weight is 358 g/mol. The van der Waals surface area contributed by atoms with Crippen molar-refractivity contribution in [3.8, 4) is 22.5 Å². The second kappa shape index (κ2) is 6.85. The first-order valence-corrected chi connectivity index (χ1v) is 8.21. The molecule has 3 aromatic rings. The van der Waals surface area contributed by atoms with Gasteiger partial charge in [-0.05, 0) is 35.9 Å². The van der Waals surface area contributed by atoms with Crippen LogP contribution in [0.5, 0.6) is 0 Å². The van der Waals surface area contributed by atoms with Crippen LogP contribution in [-0.2, 0) is 11.8 Å². The van der Waals surface area contributed by atoms with Gasteiger partial charge < -0.3 is 5.11 Å². The van der Waals surface area contributed by atoms with Crippen molar-refractivity contribution in [3.63, 3.8) is 0 Å². The number of aliphatic carboxylic acids is 1. The number of carboxylic acid groups (broad SMARTS) is 1. The van der Waals surface area contributed by atoms with Gasteiger partial charge in [0, 0.05) is 23.9 Å². The van der Waals surface area contributed by atoms with Crippen LogP contribution in [0.3, 0.4) is 0 Å². The minimum atomic E-state index is -0.946. The molecule has 0 atom stereocenters. The Morgan fingerprint density at radius 1 is 1.36 bits per heavy atom. The third kappa shape index (κ3) is 3.58. The molecule has 0 aliphatic carbocycles. The van der Waals surface area contributed by atoms with Gasteiger partial charge in [0.1, 0.15) is 5.69 Å². The highest BCUT2D eigenvalue weighted by molar-refractivity contribution is 7.99. The Balaban J connectivity index is 1.99. The Kier molecular flexibility index (Phi) is 4.61. The zero-order chi connectivity index (χ0) is 18.0. The van der Waals surface area contributed by atoms with Crippen molar-refractivity contribution in [2.24, 2.45) is 12.2 Å². The van der Waals surface area contributed by atoms with Gasteiger partial charge in [0.25, 0.3) is 0 Å². The zero-order valence-corrected chi connectivity index (χ0v) is 14.2. The summed E-state index contributed by atoms with van der Waals surface area (Å²) in [6.07, 6.45) is 1.72. The number of benzene rings is 1. The van der Waals surface area contributed by atoms with Gasteiger partial charge in [-0.3, -0.25) is 14.6 Å². The first-order valence-electron chi connectivity index (χ1n) is 7.22. The maximum Gasteiger partial charge on any atom is 0.313 e. The standard InChI is InChI=1S/C15H14N6O3S/c1-8-12(6-16-21(8)2)9-3-10(5-11(4-9)20-24)14-17-15(19-18-14)25-7-13(22)23/h3-6H,7H2,1-2H3,(H,22,23)(H,17,18,19). The number of carboxylic acids is 1. The van der Waals surface area contributed by atoms with Crippen LogP contribution in [0.4, 0.5) is 5.69 Å². The lowest BCUT2D eigenvalue weighted by Crippen LogP contribution is -1.97. The number of rotatable bonds is 6. The molecule has 3 rings (SSSR count). The van der Waals surface area contributed by atoms with E-state index in [2.05, 4.69) is 25.5 Å². The molecule has 2 N–H and O–H groups in total. The molecule has 0 unspecified atom stereocenters. The summed E-state index contributed by atoms with van der Waals surface area (Å²) >= 11 is 1.01. The molecule has 0 aliphatic heterocycles. The quantitative estimate of drug-likeness (QED) is 0.512. The van der Waals surface area contributed by atoms with Crippen LogP contribution in [0.1, 0.15) is 5.69 Å². The smallest absolute Gasteiger partial charge is 0.313 e. The van der Waals surface area contributed by atoms with Gasteiger partial charge in [0.15, 0.2) is 5.82 Å². The number of hydrogen-bond acceptors (Lipinski definition) is 7. The van der Waals surface area contributed by atoms with Gasteiger partial charge in [-0.2, -0.15) is 5.10 Å². The number of aromatic nitrogens is 5. The summed E-state index contributed by atoms with van der Waals surface area (Å²) in [7, 11) is 1.84. The predicted molar refractivity (Wildman–Crippen MR) is 92.6 cm³/mol. The highest BCUT2D eigenvalue weighted by Crippen LogP contribution is 2.32. The summed E-state index contributed by atoms with van der Waals surface area (Å²) in [5.74, 6) is -0.646. The highest BCUT2D eigenvalue weighted by atomic mass is 32.2. The van der Waals surface area contributed by atoms with Crippen molar-refractivity contribution in [3.05, 3.63) is 35.0 Å². The summed E-state index contributed by atoms with van der Waals surface area (Å²) in [4.78, 5) is 25.9. The van der Waals surface area contributed by atoms with Crippen molar-refractivity contribution in [1.82, 2.24) is 25.0 Å². The van der Waals surface area contributed by atoms with E-state index in [4.69, 9.17) is 5.11 Å². The van der Waals surface area contributed by atoms with Crippen molar-refractivity contribution < 1.29 is 9.90 Å². The van der Waals surface area contributed by atoms with E-state index in [1.807, 2.05) is 20.0 Å². The van der Waals surface area contributed by atoms with Crippen LogP contribution in [0.2, 0.25) is 0 Å². The molecule has 0 amide bonds. The Labute approximate surface area is 146 Å². The number of hydrogen-bond donors (Lipinski definition) is 2. The van der Waals surface area contributed by atoms with Crippen LogP contribution >= 0.6 is 11.8 Å². The van der Waals surface area contributed by atoms with E-state index in [0.29, 0.717) is 16.5 Å². The van der Waals surface area contributed by atoms with Crippen molar-refractivity contribution in [1.29, 1.82) is 0 Å². The lowest BCUT2D eigenvalue weighted by atomic mass is 10.0. The molecule has 25 heavy (non-hydrogen) atoms. The second-order valence-electron chi connectivity index (χ2n) is 5.28. The number of aromatic amines is 1. The number of carbonyl (C=O) groups is 1. The zero-order valence-electron chi connectivity index (χ0n) is 13.4. The molecule has 0 radical (unpaired) electrons. The molecule has 0 spiro atoms. The number of nitrogens with zero attached hydrogens (tertiary/aromatic N) is 5. The molecule has 0 fully saturated rings. The van der Waals surface area contributed by atoms with E-state index in [9.17, 15) is 9.70 Å². The van der Waals surface area contributed by atoms with Crippen LogP contribution < -0.4 is 0 Å². The summed E-state index contributed by atoms with van der Waals surface area (Å²) in [6, 6.07) is 5.12. The van der Waals surface area contributed by atoms with Crippen LogP contribution in [0, 0.1) is 11.8 Å². The van der Waals surface area contributed by atoms with E-state index in [-0.39, 0.29) is 11.4 Å². The summed E-state index contributed by atoms with van der Waals surface area (Å²) in [6.45, 7) is 1.93. The number of nitroso groups, excluding NO2 is 1. The van der Waals surface area contributed by atoms with Crippen molar-refractivity contribution in [2.45, 2.75) is 12.1 Å². The van der Waals surface area contributed by atoms with E-state index in [1.54, 1.807) is 23.0 Å². The monoisotopic (exact) mass is 358 g/mol. The maximum atomic E-state index is 11.1. The van der Waals surface area contributed by atoms with Gasteiger partial charge in [0.2, 0.25) is 5.16 Å². The molecule has 0 saturated heterocycles. The maximum absolute atomic E-state index is 11.1. The fourth-order valence-electron chi connectivity index (χ4n) is 2.30. The molecule has 1 aromatic carbocycles. The van der Waals surface area contributed by atoms with Gasteiger partial charge in [-0.15, -0.1) is 10.0 Å². The molecular formula is C15H14N6O3S. The topological polar surface area (TPSA) is 126 Å². The Hall–Kier alpha value is -3.01. The average Bonchev–Trinajstić information content (AvgIpc) is 3.20. The minimum Gasteiger partial charge on any atom is -0.481 e. The highest BCUT2D eigenvalue weighted by Gasteiger charge is 2.13. The van der Waals surface area contributed by atoms with Crippen molar-refractivity contribution in [2.75, 3.05) is 5.75 Å². The largest absolute Gasteiger partial charge is 0.481 e. The predicted octanol–water partition coefficient (Wildman–Crippen LogP) is 2.76. The normalized spacial score (nSPS) is 10.8. The van der Waals surface area contributed by atoms with Gasteiger partial charge >= 0.3 is 5.97 Å². The van der Waals surface area contributed by atoms with E-state index >= 15 is 0 Å². The number of thioether (sulfide) groups is 1. The first-order chi connectivity index (χ1) is 12.0. The molecule has 2 aromatic heterocycles. The lowest BCUT2D eigenvalue weighted by Gasteiger charge is -2.05. The molecular weight excluding hydrogens is 344 g/mol. The number of aryl methyl sites for hydroxylation is 1. The van der Waals surface area contributed by atoms with Gasteiger partial charge in [-0.25, -0.2) is 4.98 Å². The Bertz CT molecular complexity index is 949. The third-order valence-corrected chi connectivity index (χ3v) is 4.46. The minimum absolute atomic E-state index is 0.132. The summed E-state index contributed by atoms with van der Waals surface area (Å²) < 4.78 is 1.74. The fourth-order valence-corrected chi connectivity index (χ4v) is 2.82. The molecule has 0 bridgehead atoms. The Morgan fingerprint density at radius 2 is 2.12 bits per heavy atom. The van der Waals surface area contributed by atoms with Crippen LogP contribution in [0.25, 0.3) is 22.5 Å². The van der Waals surface area contributed by atoms with Crippen LogP contribution in [-0.4, -0.2) is 41.8 Å². The first kappa shape index (κ1) is 16.8. The molecule has 2 heterocycles. The van der Waals surface area contributed by atoms with E-state index in [0.717, 1.165) is 28.6 Å². The third-order valence-electron chi connectivity index (χ3n) is 3.63. The van der Waals surface area contributed by atoms with E-state index < -0.39 is 5.97 Å². The van der Waals surface area contributed by atoms with Crippen LogP contribution in [0.15, 0.2) is 34.7 Å². The van der Waals surface area contributed by atoms with Crippen molar-refractivity contribution >= 4 is 23.4 Å². The number of H-pyrrole nitrogens is 1. The summed E-state index contributed by atoms with van der Waals surface area (Å²) in [5.41, 5.74) is 3.50. The molecule has 0 saturated carbocycles. The Morgan fingerprint density at radius 3 is 2.76 bits per heavy atom. The SMILES string of the molecule is Cc1c(-c2cc(N=O)cc(-c3nc(SCC(=O)O)n[nH]3)c2)cnn1C.